The fourth-order valence-corrected chi connectivity index (χ4v) is 4.46. The van der Waals surface area contributed by atoms with Gasteiger partial charge in [0.15, 0.2) is 12.4 Å². The molecule has 0 bridgehead atoms. The van der Waals surface area contributed by atoms with Gasteiger partial charge in [0.2, 0.25) is 0 Å². The molecule has 0 saturated heterocycles. The Balaban J connectivity index is 1.89. The summed E-state index contributed by atoms with van der Waals surface area (Å²) in [5.41, 5.74) is 5.51. The van der Waals surface area contributed by atoms with E-state index in [2.05, 4.69) is 17.0 Å². The molecule has 3 heterocycles. The van der Waals surface area contributed by atoms with E-state index in [1.54, 1.807) is 26.4 Å². The maximum Gasteiger partial charge on any atom is 0.180 e. The SMILES string of the molecule is COC1=CC2=C3C(C#N)C(c4cc[n+]([O-])cc4)=C(C)N3CCC2=CC1(C)OC. The van der Waals surface area contributed by atoms with Gasteiger partial charge in [-0.1, -0.05) is 0 Å². The third kappa shape index (κ3) is 2.54. The summed E-state index contributed by atoms with van der Waals surface area (Å²) in [5.74, 6) is 0.320. The Morgan fingerprint density at radius 2 is 2.04 bits per heavy atom. The van der Waals surface area contributed by atoms with Crippen molar-refractivity contribution in [1.29, 1.82) is 5.26 Å². The molecule has 28 heavy (non-hydrogen) atoms. The number of ether oxygens (including phenoxy) is 2. The molecule has 4 rings (SSSR count). The van der Waals surface area contributed by atoms with Crippen molar-refractivity contribution >= 4 is 5.57 Å². The molecule has 1 aliphatic carbocycles. The van der Waals surface area contributed by atoms with E-state index in [0.717, 1.165) is 51.6 Å². The summed E-state index contributed by atoms with van der Waals surface area (Å²) in [5, 5.41) is 21.5. The fourth-order valence-electron chi connectivity index (χ4n) is 4.46. The summed E-state index contributed by atoms with van der Waals surface area (Å²) in [4.78, 5) is 2.23. The summed E-state index contributed by atoms with van der Waals surface area (Å²) in [7, 11) is 3.31. The van der Waals surface area contributed by atoms with Crippen LogP contribution in [0.3, 0.4) is 0 Å². The molecule has 0 fully saturated rings. The number of rotatable bonds is 3. The van der Waals surface area contributed by atoms with E-state index in [0.29, 0.717) is 0 Å². The highest BCUT2D eigenvalue weighted by Gasteiger charge is 2.42. The van der Waals surface area contributed by atoms with E-state index >= 15 is 0 Å². The van der Waals surface area contributed by atoms with Crippen LogP contribution < -0.4 is 4.73 Å². The number of pyridine rings is 1. The molecule has 1 aromatic heterocycles. The van der Waals surface area contributed by atoms with Crippen LogP contribution in [0.15, 0.2) is 65.0 Å². The van der Waals surface area contributed by atoms with Crippen LogP contribution in [-0.4, -0.2) is 31.3 Å². The molecule has 2 atom stereocenters. The molecular weight excluding hydrogens is 354 g/mol. The van der Waals surface area contributed by atoms with E-state index < -0.39 is 11.5 Å². The number of aromatic nitrogens is 1. The minimum Gasteiger partial charge on any atom is -0.619 e. The Bertz CT molecular complexity index is 995. The van der Waals surface area contributed by atoms with Crippen LogP contribution in [0.2, 0.25) is 0 Å². The van der Waals surface area contributed by atoms with Crippen LogP contribution in [0.4, 0.5) is 0 Å². The van der Waals surface area contributed by atoms with E-state index in [1.165, 1.54) is 18.0 Å². The van der Waals surface area contributed by atoms with Gasteiger partial charge >= 0.3 is 0 Å². The van der Waals surface area contributed by atoms with Gasteiger partial charge in [0, 0.05) is 48.3 Å². The third-order valence-electron chi connectivity index (χ3n) is 5.97. The summed E-state index contributed by atoms with van der Waals surface area (Å²) < 4.78 is 12.1. The van der Waals surface area contributed by atoms with Gasteiger partial charge < -0.3 is 19.6 Å². The normalized spacial score (nSPS) is 26.4. The smallest absolute Gasteiger partial charge is 0.180 e. The van der Waals surface area contributed by atoms with E-state index in [4.69, 9.17) is 9.47 Å². The van der Waals surface area contributed by atoms with E-state index in [-0.39, 0.29) is 0 Å². The first kappa shape index (κ1) is 18.3. The largest absolute Gasteiger partial charge is 0.619 e. The fraction of sp³-hybridized carbons (Fsp3) is 0.364. The second-order valence-corrected chi connectivity index (χ2v) is 7.40. The molecule has 0 amide bonds. The number of fused-ring (bicyclic) bond motifs is 2. The summed E-state index contributed by atoms with van der Waals surface area (Å²) in [6, 6.07) is 6.03. The highest BCUT2D eigenvalue weighted by atomic mass is 16.5. The van der Waals surface area contributed by atoms with Crippen LogP contribution in [0, 0.1) is 22.5 Å². The third-order valence-corrected chi connectivity index (χ3v) is 5.97. The van der Waals surface area contributed by atoms with Gasteiger partial charge in [-0.25, -0.2) is 0 Å². The lowest BCUT2D eigenvalue weighted by Gasteiger charge is -2.37. The first-order chi connectivity index (χ1) is 13.4. The maximum atomic E-state index is 11.4. The molecule has 0 saturated carbocycles. The van der Waals surface area contributed by atoms with Gasteiger partial charge in [0.1, 0.15) is 17.3 Å². The molecule has 0 N–H and O–H groups in total. The average molecular weight is 377 g/mol. The average Bonchev–Trinajstić information content (AvgIpc) is 3.00. The van der Waals surface area contributed by atoms with Crippen molar-refractivity contribution in [2.45, 2.75) is 25.9 Å². The quantitative estimate of drug-likeness (QED) is 0.598. The summed E-state index contributed by atoms with van der Waals surface area (Å²) >= 11 is 0. The monoisotopic (exact) mass is 377 g/mol. The predicted molar refractivity (Wildman–Crippen MR) is 104 cm³/mol. The standard InChI is InChI=1S/C22H23N3O3/c1-14-20(15-5-8-24(26)9-6-15)18(13-23)21-17-11-19(27-3)22(2,28-4)12-16(17)7-10-25(14)21/h5-6,8-9,11-12,18H,7,10H2,1-4H3. The lowest BCUT2D eigenvalue weighted by Crippen LogP contribution is -2.35. The van der Waals surface area contributed by atoms with Gasteiger partial charge in [0.05, 0.1) is 13.2 Å². The minimum absolute atomic E-state index is 0.401. The second kappa shape index (κ2) is 6.54. The first-order valence-corrected chi connectivity index (χ1v) is 9.28. The molecule has 6 heteroatoms. The van der Waals surface area contributed by atoms with Crippen molar-refractivity contribution in [2.75, 3.05) is 20.8 Å². The van der Waals surface area contributed by atoms with E-state index in [9.17, 15) is 10.5 Å². The molecule has 2 aliphatic heterocycles. The molecule has 0 aromatic carbocycles. The van der Waals surface area contributed by atoms with Gasteiger partial charge in [-0.3, -0.25) is 0 Å². The molecule has 0 radical (unpaired) electrons. The van der Waals surface area contributed by atoms with Gasteiger partial charge in [-0.15, -0.1) is 0 Å². The van der Waals surface area contributed by atoms with Crippen LogP contribution in [0.25, 0.3) is 5.57 Å². The Morgan fingerprint density at radius 3 is 2.64 bits per heavy atom. The molecule has 6 nitrogen and oxygen atoms in total. The van der Waals surface area contributed by atoms with Gasteiger partial charge in [-0.2, -0.15) is 9.99 Å². The first-order valence-electron chi connectivity index (χ1n) is 9.28. The zero-order valence-corrected chi connectivity index (χ0v) is 16.5. The highest BCUT2D eigenvalue weighted by molar-refractivity contribution is 5.79. The Morgan fingerprint density at radius 1 is 1.32 bits per heavy atom. The Labute approximate surface area is 164 Å². The lowest BCUT2D eigenvalue weighted by atomic mass is 9.81. The Hall–Kier alpha value is -3.04. The molecule has 0 spiro atoms. The lowest BCUT2D eigenvalue weighted by molar-refractivity contribution is -0.605. The summed E-state index contributed by atoms with van der Waals surface area (Å²) in [6.07, 6.45) is 7.92. The highest BCUT2D eigenvalue weighted by Crippen LogP contribution is 2.49. The number of nitriles is 1. The maximum absolute atomic E-state index is 11.4. The van der Waals surface area contributed by atoms with Crippen LogP contribution >= 0.6 is 0 Å². The Kier molecular flexibility index (Phi) is 4.28. The minimum atomic E-state index is -0.608. The zero-order valence-electron chi connectivity index (χ0n) is 16.5. The molecular formula is C22H23N3O3. The topological polar surface area (TPSA) is 72.4 Å². The van der Waals surface area contributed by atoms with Crippen molar-refractivity contribution in [3.63, 3.8) is 0 Å². The van der Waals surface area contributed by atoms with Gasteiger partial charge in [-0.05, 0) is 43.6 Å². The molecule has 1 aromatic rings. The van der Waals surface area contributed by atoms with Crippen molar-refractivity contribution < 1.29 is 14.2 Å². The summed E-state index contributed by atoms with van der Waals surface area (Å²) in [6.45, 7) is 4.84. The van der Waals surface area contributed by atoms with Crippen molar-refractivity contribution in [2.24, 2.45) is 5.92 Å². The molecule has 3 aliphatic rings. The number of nitrogens with zero attached hydrogens (tertiary/aromatic N) is 3. The number of hydrogen-bond donors (Lipinski definition) is 0. The van der Waals surface area contributed by atoms with Gasteiger partial charge in [0.25, 0.3) is 0 Å². The zero-order chi connectivity index (χ0) is 20.1. The number of hydrogen-bond acceptors (Lipinski definition) is 5. The second-order valence-electron chi connectivity index (χ2n) is 7.40. The molecule has 2 unspecified atom stereocenters. The predicted octanol–water partition coefficient (Wildman–Crippen LogP) is 3.04. The van der Waals surface area contributed by atoms with Crippen molar-refractivity contribution in [3.05, 3.63) is 75.7 Å². The van der Waals surface area contributed by atoms with Crippen molar-refractivity contribution in [3.8, 4) is 6.07 Å². The van der Waals surface area contributed by atoms with Crippen LogP contribution in [-0.2, 0) is 9.47 Å². The number of allylic oxidation sites excluding steroid dienone is 4. The van der Waals surface area contributed by atoms with E-state index in [1.807, 2.05) is 19.9 Å². The van der Waals surface area contributed by atoms with Crippen LogP contribution in [0.1, 0.15) is 25.8 Å². The molecule has 144 valence electrons. The van der Waals surface area contributed by atoms with Crippen molar-refractivity contribution in [1.82, 2.24) is 4.90 Å². The van der Waals surface area contributed by atoms with Crippen LogP contribution in [0.5, 0.6) is 0 Å². The number of methoxy groups -OCH3 is 2.